The van der Waals surface area contributed by atoms with Crippen LogP contribution in [0.3, 0.4) is 0 Å². The highest BCUT2D eigenvalue weighted by Gasteiger charge is 2.51. The number of hydrogen-bond acceptors (Lipinski definition) is 4. The van der Waals surface area contributed by atoms with Gasteiger partial charge in [-0.3, -0.25) is 4.57 Å². The first-order chi connectivity index (χ1) is 17.5. The maximum absolute atomic E-state index is 6.62. The van der Waals surface area contributed by atoms with Crippen molar-refractivity contribution in [2.45, 2.75) is 31.6 Å². The molecule has 0 atom stereocenters. The van der Waals surface area contributed by atoms with E-state index in [0.29, 0.717) is 33.9 Å². The zero-order chi connectivity index (χ0) is 24.9. The molecular formula is C28H21BrCl2N4O. The molecule has 5 aromatic rings. The van der Waals surface area contributed by atoms with Gasteiger partial charge in [-0.05, 0) is 73.4 Å². The first-order valence-electron chi connectivity index (χ1n) is 11.7. The standard InChI is InChI=1S/C28H21BrCl2N4O/c1-2-23-24(26-33-34-27(36-26)28(15-16-28)17-7-11-19(30)12-8-17)32-25(21-5-3-4-6-22(21)31)35(23)20-13-9-18(29)10-14-20/h3-14H,2,15-16H2,1H3. The topological polar surface area (TPSA) is 56.7 Å². The number of nitrogens with zero attached hydrogens (tertiary/aromatic N) is 4. The molecule has 3 aromatic carbocycles. The summed E-state index contributed by atoms with van der Waals surface area (Å²) in [4.78, 5) is 5.03. The predicted octanol–water partition coefficient (Wildman–Crippen LogP) is 8.30. The smallest absolute Gasteiger partial charge is 0.268 e. The molecule has 0 amide bonds. The second kappa shape index (κ2) is 9.18. The summed E-state index contributed by atoms with van der Waals surface area (Å²) < 4.78 is 9.47. The monoisotopic (exact) mass is 578 g/mol. The zero-order valence-corrected chi connectivity index (χ0v) is 22.5. The molecule has 1 aliphatic carbocycles. The number of hydrogen-bond donors (Lipinski definition) is 0. The van der Waals surface area contributed by atoms with Crippen molar-refractivity contribution in [3.05, 3.63) is 104 Å². The number of aromatic nitrogens is 4. The van der Waals surface area contributed by atoms with Crippen LogP contribution in [0, 0.1) is 0 Å². The molecule has 2 aromatic heterocycles. The molecule has 8 heteroatoms. The molecule has 0 unspecified atom stereocenters. The van der Waals surface area contributed by atoms with Crippen LogP contribution in [-0.2, 0) is 11.8 Å². The van der Waals surface area contributed by atoms with E-state index in [9.17, 15) is 0 Å². The molecule has 0 spiro atoms. The van der Waals surface area contributed by atoms with E-state index in [2.05, 4.69) is 37.6 Å². The second-order valence-electron chi connectivity index (χ2n) is 8.88. The maximum atomic E-state index is 6.62. The zero-order valence-electron chi connectivity index (χ0n) is 19.4. The molecule has 36 heavy (non-hydrogen) atoms. The van der Waals surface area contributed by atoms with Gasteiger partial charge in [-0.15, -0.1) is 10.2 Å². The van der Waals surface area contributed by atoms with E-state index in [1.54, 1.807) is 0 Å². The van der Waals surface area contributed by atoms with Crippen molar-refractivity contribution in [2.24, 2.45) is 0 Å². The van der Waals surface area contributed by atoms with E-state index in [0.717, 1.165) is 45.6 Å². The van der Waals surface area contributed by atoms with E-state index < -0.39 is 0 Å². The summed E-state index contributed by atoms with van der Waals surface area (Å²) in [6.45, 7) is 2.10. The van der Waals surface area contributed by atoms with Gasteiger partial charge in [0, 0.05) is 20.7 Å². The molecule has 0 aliphatic heterocycles. The number of halogens is 3. The van der Waals surface area contributed by atoms with E-state index in [-0.39, 0.29) is 5.41 Å². The fourth-order valence-corrected chi connectivity index (χ4v) is 5.29. The third-order valence-corrected chi connectivity index (χ3v) is 7.80. The molecule has 0 saturated heterocycles. The van der Waals surface area contributed by atoms with Crippen LogP contribution in [0.5, 0.6) is 0 Å². The Balaban J connectivity index is 1.50. The molecule has 5 nitrogen and oxygen atoms in total. The Morgan fingerprint density at radius 3 is 2.33 bits per heavy atom. The Kier molecular flexibility index (Phi) is 5.98. The van der Waals surface area contributed by atoms with Crippen LogP contribution in [0.15, 0.2) is 81.7 Å². The molecule has 1 aliphatic rings. The van der Waals surface area contributed by atoms with E-state index in [4.69, 9.17) is 32.6 Å². The first kappa shape index (κ1) is 23.5. The van der Waals surface area contributed by atoms with Crippen LogP contribution in [0.2, 0.25) is 10.0 Å². The van der Waals surface area contributed by atoms with Gasteiger partial charge in [-0.25, -0.2) is 4.98 Å². The summed E-state index contributed by atoms with van der Waals surface area (Å²) in [5, 5.41) is 10.3. The van der Waals surface area contributed by atoms with Crippen LogP contribution in [0.25, 0.3) is 28.7 Å². The fraction of sp³-hybridized carbons (Fsp3) is 0.179. The van der Waals surface area contributed by atoms with Gasteiger partial charge in [0.1, 0.15) is 11.5 Å². The lowest BCUT2D eigenvalue weighted by Crippen LogP contribution is -2.08. The summed E-state index contributed by atoms with van der Waals surface area (Å²) in [7, 11) is 0. The molecule has 1 fully saturated rings. The molecule has 0 N–H and O–H groups in total. The minimum absolute atomic E-state index is 0.262. The van der Waals surface area contributed by atoms with Gasteiger partial charge in [-0.1, -0.05) is 70.3 Å². The SMILES string of the molecule is CCc1c(-c2nnc(C3(c4ccc(Cl)cc4)CC3)o2)nc(-c2ccccc2Cl)n1-c1ccc(Br)cc1. The molecule has 2 heterocycles. The van der Waals surface area contributed by atoms with Gasteiger partial charge in [0.05, 0.1) is 16.1 Å². The van der Waals surface area contributed by atoms with Crippen molar-refractivity contribution in [1.29, 1.82) is 0 Å². The molecule has 6 rings (SSSR count). The van der Waals surface area contributed by atoms with Crippen molar-refractivity contribution < 1.29 is 4.42 Å². The van der Waals surface area contributed by atoms with E-state index in [1.807, 2.05) is 72.8 Å². The highest BCUT2D eigenvalue weighted by atomic mass is 79.9. The number of rotatable bonds is 6. The maximum Gasteiger partial charge on any atom is 0.268 e. The normalized spacial score (nSPS) is 14.2. The summed E-state index contributed by atoms with van der Waals surface area (Å²) in [5.41, 5.74) is 4.32. The summed E-state index contributed by atoms with van der Waals surface area (Å²) in [5.74, 6) is 1.75. The highest BCUT2D eigenvalue weighted by Crippen LogP contribution is 2.53. The number of imidazole rings is 1. The fourth-order valence-electron chi connectivity index (χ4n) is 4.67. The average molecular weight is 580 g/mol. The lowest BCUT2D eigenvalue weighted by molar-refractivity contribution is 0.471. The Bertz CT molecular complexity index is 1550. The van der Waals surface area contributed by atoms with Gasteiger partial charge in [0.15, 0.2) is 0 Å². The average Bonchev–Trinajstić information content (AvgIpc) is 3.38. The van der Waals surface area contributed by atoms with Gasteiger partial charge < -0.3 is 4.42 Å². The Labute approximate surface area is 227 Å². The third kappa shape index (κ3) is 3.97. The van der Waals surface area contributed by atoms with E-state index >= 15 is 0 Å². The highest BCUT2D eigenvalue weighted by molar-refractivity contribution is 9.10. The molecule has 0 bridgehead atoms. The van der Waals surface area contributed by atoms with Crippen LogP contribution < -0.4 is 0 Å². The van der Waals surface area contributed by atoms with Gasteiger partial charge >= 0.3 is 0 Å². The summed E-state index contributed by atoms with van der Waals surface area (Å²) in [6, 6.07) is 23.7. The van der Waals surface area contributed by atoms with Crippen molar-refractivity contribution >= 4 is 39.1 Å². The minimum Gasteiger partial charge on any atom is -0.418 e. The van der Waals surface area contributed by atoms with Gasteiger partial charge in [0.25, 0.3) is 5.89 Å². The van der Waals surface area contributed by atoms with Crippen LogP contribution in [-0.4, -0.2) is 19.7 Å². The van der Waals surface area contributed by atoms with Crippen molar-refractivity contribution in [3.63, 3.8) is 0 Å². The minimum atomic E-state index is -0.262. The summed E-state index contributed by atoms with van der Waals surface area (Å²) in [6.07, 6.45) is 2.62. The largest absolute Gasteiger partial charge is 0.418 e. The summed E-state index contributed by atoms with van der Waals surface area (Å²) >= 11 is 16.3. The van der Waals surface area contributed by atoms with Crippen LogP contribution in [0.1, 0.15) is 36.9 Å². The lowest BCUT2D eigenvalue weighted by atomic mass is 9.96. The second-order valence-corrected chi connectivity index (χ2v) is 10.6. The quantitative estimate of drug-likeness (QED) is 0.203. The van der Waals surface area contributed by atoms with Crippen LogP contribution in [0.4, 0.5) is 0 Å². The molecular weight excluding hydrogens is 559 g/mol. The molecule has 0 radical (unpaired) electrons. The van der Waals surface area contributed by atoms with Crippen LogP contribution >= 0.6 is 39.1 Å². The number of benzene rings is 3. The van der Waals surface area contributed by atoms with E-state index in [1.165, 1.54) is 0 Å². The Morgan fingerprint density at radius 1 is 0.944 bits per heavy atom. The van der Waals surface area contributed by atoms with Gasteiger partial charge in [0.2, 0.25) is 5.89 Å². The first-order valence-corrected chi connectivity index (χ1v) is 13.3. The lowest BCUT2D eigenvalue weighted by Gasteiger charge is -2.13. The van der Waals surface area contributed by atoms with Gasteiger partial charge in [-0.2, -0.15) is 0 Å². The predicted molar refractivity (Wildman–Crippen MR) is 146 cm³/mol. The Morgan fingerprint density at radius 2 is 1.67 bits per heavy atom. The van der Waals surface area contributed by atoms with Crippen molar-refractivity contribution in [3.8, 4) is 28.7 Å². The third-order valence-electron chi connectivity index (χ3n) is 6.69. The van der Waals surface area contributed by atoms with Crippen molar-refractivity contribution in [1.82, 2.24) is 19.7 Å². The molecule has 180 valence electrons. The molecule has 1 saturated carbocycles. The van der Waals surface area contributed by atoms with Crippen molar-refractivity contribution in [2.75, 3.05) is 0 Å². The Hall–Kier alpha value is -2.93.